The molecule has 0 atom stereocenters. The van der Waals surface area contributed by atoms with Gasteiger partial charge in [-0.1, -0.05) is 6.07 Å². The van der Waals surface area contributed by atoms with Crippen LogP contribution < -0.4 is 15.0 Å². The van der Waals surface area contributed by atoms with Gasteiger partial charge in [0.2, 0.25) is 0 Å². The van der Waals surface area contributed by atoms with Crippen molar-refractivity contribution >= 4 is 5.69 Å². The third-order valence-corrected chi connectivity index (χ3v) is 4.05. The predicted octanol–water partition coefficient (Wildman–Crippen LogP) is 0.963. The van der Waals surface area contributed by atoms with Crippen LogP contribution in [0.5, 0.6) is 5.75 Å². The maximum atomic E-state index is 5.68. The number of hydrogen-bond donors (Lipinski definition) is 1. The highest BCUT2D eigenvalue weighted by atomic mass is 16.5. The quantitative estimate of drug-likeness (QED) is 0.877. The standard InChI is InChI=1S/C15H23N3O/c1-17-10-11-19-15-3-2-13(12-14(15)17)4-7-18-8-5-16-6-9-18/h2-3,12,16H,4-11H2,1H3. The van der Waals surface area contributed by atoms with Crippen LogP contribution in [0.15, 0.2) is 18.2 Å². The number of rotatable bonds is 3. The van der Waals surface area contributed by atoms with E-state index in [4.69, 9.17) is 4.74 Å². The molecule has 0 spiro atoms. The Kier molecular flexibility index (Phi) is 3.89. The molecule has 0 unspecified atom stereocenters. The lowest BCUT2D eigenvalue weighted by Gasteiger charge is -2.29. The lowest BCUT2D eigenvalue weighted by Crippen LogP contribution is -2.44. The normalized spacial score (nSPS) is 19.9. The van der Waals surface area contributed by atoms with Crippen LogP contribution in [0, 0.1) is 0 Å². The summed E-state index contributed by atoms with van der Waals surface area (Å²) in [5.41, 5.74) is 2.65. The third kappa shape index (κ3) is 3.01. The Hall–Kier alpha value is -1.26. The molecule has 0 saturated carbocycles. The fourth-order valence-corrected chi connectivity index (χ4v) is 2.77. The summed E-state index contributed by atoms with van der Waals surface area (Å²) in [6.45, 7) is 7.53. The van der Waals surface area contributed by atoms with Crippen molar-refractivity contribution in [2.45, 2.75) is 6.42 Å². The topological polar surface area (TPSA) is 27.7 Å². The first-order valence-electron chi connectivity index (χ1n) is 7.23. The van der Waals surface area contributed by atoms with Crippen LogP contribution in [0.2, 0.25) is 0 Å². The van der Waals surface area contributed by atoms with Gasteiger partial charge in [0.05, 0.1) is 12.2 Å². The molecular weight excluding hydrogens is 238 g/mol. The number of piperazine rings is 1. The van der Waals surface area contributed by atoms with Crippen LogP contribution >= 0.6 is 0 Å². The number of ether oxygens (including phenoxy) is 1. The maximum absolute atomic E-state index is 5.68. The SMILES string of the molecule is CN1CCOc2ccc(CCN3CCNCC3)cc21. The van der Waals surface area contributed by atoms with Gasteiger partial charge in [0.1, 0.15) is 12.4 Å². The van der Waals surface area contributed by atoms with E-state index in [1.54, 1.807) is 0 Å². The Balaban J connectivity index is 1.63. The number of nitrogens with one attached hydrogen (secondary N) is 1. The summed E-state index contributed by atoms with van der Waals surface area (Å²) >= 11 is 0. The minimum Gasteiger partial charge on any atom is -0.490 e. The molecule has 2 heterocycles. The van der Waals surface area contributed by atoms with E-state index >= 15 is 0 Å². The summed E-state index contributed by atoms with van der Waals surface area (Å²) in [5, 5.41) is 3.39. The summed E-state index contributed by atoms with van der Waals surface area (Å²) in [4.78, 5) is 4.82. The summed E-state index contributed by atoms with van der Waals surface area (Å²) in [5.74, 6) is 1.03. The van der Waals surface area contributed by atoms with Crippen molar-refractivity contribution in [2.24, 2.45) is 0 Å². The molecular formula is C15H23N3O. The Bertz CT molecular complexity index is 429. The average molecular weight is 261 g/mol. The number of anilines is 1. The van der Waals surface area contributed by atoms with E-state index in [0.717, 1.165) is 45.0 Å². The molecule has 1 aromatic carbocycles. The van der Waals surface area contributed by atoms with Gasteiger partial charge in [0.25, 0.3) is 0 Å². The zero-order valence-electron chi connectivity index (χ0n) is 11.7. The molecule has 19 heavy (non-hydrogen) atoms. The van der Waals surface area contributed by atoms with E-state index in [1.165, 1.54) is 24.3 Å². The lowest BCUT2D eigenvalue weighted by atomic mass is 10.1. The smallest absolute Gasteiger partial charge is 0.142 e. The Morgan fingerprint density at radius 3 is 2.89 bits per heavy atom. The Labute approximate surface area is 115 Å². The van der Waals surface area contributed by atoms with Crippen LogP contribution in [0.4, 0.5) is 5.69 Å². The number of fused-ring (bicyclic) bond motifs is 1. The summed E-state index contributed by atoms with van der Waals surface area (Å²) < 4.78 is 5.68. The highest BCUT2D eigenvalue weighted by Crippen LogP contribution is 2.31. The second-order valence-electron chi connectivity index (χ2n) is 5.41. The molecule has 0 aromatic heterocycles. The molecule has 1 fully saturated rings. The van der Waals surface area contributed by atoms with Crippen LogP contribution in [0.1, 0.15) is 5.56 Å². The fraction of sp³-hybridized carbons (Fsp3) is 0.600. The third-order valence-electron chi connectivity index (χ3n) is 4.05. The van der Waals surface area contributed by atoms with Gasteiger partial charge in [0, 0.05) is 39.8 Å². The number of likely N-dealkylation sites (N-methyl/N-ethyl adjacent to an activating group) is 1. The minimum atomic E-state index is 0.795. The highest BCUT2D eigenvalue weighted by molar-refractivity contribution is 5.60. The Morgan fingerprint density at radius 2 is 2.05 bits per heavy atom. The average Bonchev–Trinajstić information content (AvgIpc) is 2.47. The molecule has 104 valence electrons. The van der Waals surface area contributed by atoms with Crippen molar-refractivity contribution in [1.82, 2.24) is 10.2 Å². The first-order chi connectivity index (χ1) is 9.33. The van der Waals surface area contributed by atoms with Crippen molar-refractivity contribution < 1.29 is 4.74 Å². The monoisotopic (exact) mass is 261 g/mol. The predicted molar refractivity (Wildman–Crippen MR) is 78.2 cm³/mol. The van der Waals surface area contributed by atoms with E-state index in [-0.39, 0.29) is 0 Å². The summed E-state index contributed by atoms with van der Waals surface area (Å²) in [7, 11) is 2.14. The largest absolute Gasteiger partial charge is 0.490 e. The van der Waals surface area contributed by atoms with Gasteiger partial charge in [-0.3, -0.25) is 0 Å². The minimum absolute atomic E-state index is 0.795. The molecule has 2 aliphatic heterocycles. The molecule has 0 amide bonds. The van der Waals surface area contributed by atoms with Crippen molar-refractivity contribution in [3.05, 3.63) is 23.8 Å². The molecule has 1 aromatic rings. The number of benzene rings is 1. The van der Waals surface area contributed by atoms with Crippen LogP contribution in [-0.4, -0.2) is 57.8 Å². The summed E-state index contributed by atoms with van der Waals surface area (Å²) in [6, 6.07) is 6.62. The molecule has 0 radical (unpaired) electrons. The first-order valence-corrected chi connectivity index (χ1v) is 7.23. The van der Waals surface area contributed by atoms with E-state index in [9.17, 15) is 0 Å². The van der Waals surface area contributed by atoms with Crippen LogP contribution in [0.3, 0.4) is 0 Å². The molecule has 0 bridgehead atoms. The molecule has 4 nitrogen and oxygen atoms in total. The van der Waals surface area contributed by atoms with Crippen LogP contribution in [-0.2, 0) is 6.42 Å². The zero-order valence-corrected chi connectivity index (χ0v) is 11.7. The lowest BCUT2D eigenvalue weighted by molar-refractivity contribution is 0.244. The van der Waals surface area contributed by atoms with E-state index in [1.807, 2.05) is 0 Å². The Morgan fingerprint density at radius 1 is 1.21 bits per heavy atom. The second-order valence-corrected chi connectivity index (χ2v) is 5.41. The van der Waals surface area contributed by atoms with Gasteiger partial charge in [-0.2, -0.15) is 0 Å². The maximum Gasteiger partial charge on any atom is 0.142 e. The van der Waals surface area contributed by atoms with E-state index in [2.05, 4.69) is 40.4 Å². The van der Waals surface area contributed by atoms with Gasteiger partial charge in [-0.15, -0.1) is 0 Å². The molecule has 2 aliphatic rings. The van der Waals surface area contributed by atoms with E-state index in [0.29, 0.717) is 0 Å². The highest BCUT2D eigenvalue weighted by Gasteiger charge is 2.15. The van der Waals surface area contributed by atoms with Gasteiger partial charge < -0.3 is 19.9 Å². The van der Waals surface area contributed by atoms with Gasteiger partial charge in [-0.25, -0.2) is 0 Å². The zero-order chi connectivity index (χ0) is 13.1. The summed E-state index contributed by atoms with van der Waals surface area (Å²) in [6.07, 6.45) is 1.13. The number of hydrogen-bond acceptors (Lipinski definition) is 4. The molecule has 4 heteroatoms. The molecule has 1 saturated heterocycles. The molecule has 3 rings (SSSR count). The van der Waals surface area contributed by atoms with Crippen molar-refractivity contribution in [3.8, 4) is 5.75 Å². The number of nitrogens with zero attached hydrogens (tertiary/aromatic N) is 2. The second kappa shape index (κ2) is 5.80. The van der Waals surface area contributed by atoms with Gasteiger partial charge in [0.15, 0.2) is 0 Å². The van der Waals surface area contributed by atoms with Crippen molar-refractivity contribution in [3.63, 3.8) is 0 Å². The van der Waals surface area contributed by atoms with E-state index < -0.39 is 0 Å². The molecule has 1 N–H and O–H groups in total. The van der Waals surface area contributed by atoms with Crippen LogP contribution in [0.25, 0.3) is 0 Å². The van der Waals surface area contributed by atoms with Crippen molar-refractivity contribution in [1.29, 1.82) is 0 Å². The van der Waals surface area contributed by atoms with Gasteiger partial charge >= 0.3 is 0 Å². The first kappa shape index (κ1) is 12.8. The fourth-order valence-electron chi connectivity index (χ4n) is 2.77. The van der Waals surface area contributed by atoms with Crippen molar-refractivity contribution in [2.75, 3.05) is 57.8 Å². The molecule has 0 aliphatic carbocycles. The van der Waals surface area contributed by atoms with Gasteiger partial charge in [-0.05, 0) is 24.1 Å².